The molecule has 0 fully saturated rings. The van der Waals surface area contributed by atoms with Gasteiger partial charge >= 0.3 is 11.8 Å². The van der Waals surface area contributed by atoms with Gasteiger partial charge in [-0.05, 0) is 73.5 Å². The van der Waals surface area contributed by atoms with E-state index in [2.05, 4.69) is 32.0 Å². The third-order valence-electron chi connectivity index (χ3n) is 5.30. The number of halogens is 2. The van der Waals surface area contributed by atoms with Crippen LogP contribution in [0.2, 0.25) is 0 Å². The lowest BCUT2D eigenvalue weighted by molar-refractivity contribution is -0.133. The van der Waals surface area contributed by atoms with E-state index in [1.807, 2.05) is 26.0 Å². The van der Waals surface area contributed by atoms with E-state index in [-0.39, 0.29) is 11.4 Å². The van der Waals surface area contributed by atoms with Gasteiger partial charge in [0.15, 0.2) is 0 Å². The Morgan fingerprint density at radius 1 is 0.853 bits per heavy atom. The van der Waals surface area contributed by atoms with Crippen molar-refractivity contribution in [3.05, 3.63) is 93.8 Å². The van der Waals surface area contributed by atoms with Gasteiger partial charge in [0, 0.05) is 15.5 Å². The minimum atomic E-state index is -1.08. The van der Waals surface area contributed by atoms with Gasteiger partial charge in [-0.2, -0.15) is 0 Å². The van der Waals surface area contributed by atoms with Gasteiger partial charge in [-0.3, -0.25) is 19.8 Å². The van der Waals surface area contributed by atoms with E-state index < -0.39 is 23.5 Å². The highest BCUT2D eigenvalue weighted by atomic mass is 79.9. The lowest BCUT2D eigenvalue weighted by Crippen LogP contribution is -2.36. The molecule has 0 atom stereocenters. The van der Waals surface area contributed by atoms with Crippen LogP contribution in [0, 0.1) is 19.7 Å². The van der Waals surface area contributed by atoms with Gasteiger partial charge in [-0.15, -0.1) is 0 Å². The Bertz CT molecular complexity index is 1450. The van der Waals surface area contributed by atoms with Crippen LogP contribution < -0.4 is 16.1 Å². The quantitative estimate of drug-likeness (QED) is 0.325. The van der Waals surface area contributed by atoms with E-state index in [9.17, 15) is 18.8 Å². The Labute approximate surface area is 203 Å². The average Bonchev–Trinajstić information content (AvgIpc) is 3.15. The number of hydrogen-bond acceptors (Lipinski definition) is 3. The van der Waals surface area contributed by atoms with Crippen LogP contribution in [0.1, 0.15) is 21.6 Å². The third-order valence-corrected chi connectivity index (χ3v) is 5.80. The number of hydrogen-bond donors (Lipinski definition) is 3. The summed E-state index contributed by atoms with van der Waals surface area (Å²) in [4.78, 5) is 38.2. The predicted molar refractivity (Wildman–Crippen MR) is 133 cm³/mol. The van der Waals surface area contributed by atoms with Crippen molar-refractivity contribution in [1.82, 2.24) is 4.68 Å². The summed E-state index contributed by atoms with van der Waals surface area (Å²) in [5, 5.41) is 5.71. The summed E-state index contributed by atoms with van der Waals surface area (Å²) >= 11 is 3.39. The number of carbonyl (C=O) groups is 3. The highest BCUT2D eigenvalue weighted by molar-refractivity contribution is 9.10. The molecule has 3 aromatic carbocycles. The molecular weight excluding hydrogens is 503 g/mol. The fourth-order valence-corrected chi connectivity index (χ4v) is 3.76. The Balaban J connectivity index is 1.64. The Morgan fingerprint density at radius 3 is 2.35 bits per heavy atom. The number of nitrogens with one attached hydrogen (secondary N) is 3. The molecule has 0 radical (unpaired) electrons. The topological polar surface area (TPSA) is 92.2 Å². The predicted octanol–water partition coefficient (Wildman–Crippen LogP) is 5.12. The Hall–Kier alpha value is -3.98. The number of rotatable bonds is 4. The first-order valence-electron chi connectivity index (χ1n) is 10.3. The molecule has 0 spiro atoms. The molecule has 3 amide bonds. The molecule has 0 saturated heterocycles. The van der Waals surface area contributed by atoms with E-state index in [0.717, 1.165) is 15.6 Å². The zero-order valence-corrected chi connectivity index (χ0v) is 19.9. The van der Waals surface area contributed by atoms with Crippen LogP contribution in [0.25, 0.3) is 10.9 Å². The Morgan fingerprint density at radius 2 is 1.62 bits per heavy atom. The minimum Gasteiger partial charge on any atom is -0.321 e. The van der Waals surface area contributed by atoms with E-state index in [1.165, 1.54) is 28.9 Å². The maximum Gasteiger partial charge on any atom is 0.328 e. The van der Waals surface area contributed by atoms with Crippen molar-refractivity contribution >= 4 is 55.9 Å². The van der Waals surface area contributed by atoms with Crippen LogP contribution in [-0.4, -0.2) is 22.4 Å². The molecule has 7 nitrogen and oxygen atoms in total. The number of aryl methyl sites for hydroxylation is 2. The molecule has 1 heterocycles. The van der Waals surface area contributed by atoms with Crippen LogP contribution in [-0.2, 0) is 9.59 Å². The fraction of sp³-hybridized carbons (Fsp3) is 0.0800. The monoisotopic (exact) mass is 522 g/mol. The van der Waals surface area contributed by atoms with E-state index >= 15 is 0 Å². The largest absolute Gasteiger partial charge is 0.328 e. The molecule has 9 heteroatoms. The summed E-state index contributed by atoms with van der Waals surface area (Å²) < 4.78 is 15.9. The molecule has 0 unspecified atom stereocenters. The number of aromatic nitrogens is 1. The number of fused-ring (bicyclic) bond motifs is 1. The molecule has 0 aliphatic rings. The lowest BCUT2D eigenvalue weighted by Gasteiger charge is -2.13. The van der Waals surface area contributed by atoms with Crippen LogP contribution in [0.5, 0.6) is 0 Å². The van der Waals surface area contributed by atoms with Crippen molar-refractivity contribution in [3.63, 3.8) is 0 Å². The van der Waals surface area contributed by atoms with Crippen molar-refractivity contribution in [2.45, 2.75) is 13.8 Å². The second kappa shape index (κ2) is 9.48. The van der Waals surface area contributed by atoms with Crippen LogP contribution in [0.4, 0.5) is 15.8 Å². The summed E-state index contributed by atoms with van der Waals surface area (Å²) in [6.07, 6.45) is 0. The van der Waals surface area contributed by atoms with Gasteiger partial charge in [0.2, 0.25) is 0 Å². The van der Waals surface area contributed by atoms with E-state index in [1.54, 1.807) is 30.3 Å². The van der Waals surface area contributed by atoms with Gasteiger partial charge in [-0.1, -0.05) is 34.1 Å². The van der Waals surface area contributed by atoms with Gasteiger partial charge in [0.1, 0.15) is 11.5 Å². The first-order valence-corrected chi connectivity index (χ1v) is 11.1. The third kappa shape index (κ3) is 4.84. The van der Waals surface area contributed by atoms with Crippen LogP contribution in [0.3, 0.4) is 0 Å². The maximum absolute atomic E-state index is 13.9. The number of amides is 3. The van der Waals surface area contributed by atoms with Gasteiger partial charge in [0.05, 0.1) is 11.2 Å². The molecule has 3 N–H and O–H groups in total. The van der Waals surface area contributed by atoms with E-state index in [0.29, 0.717) is 16.6 Å². The number of carbonyl (C=O) groups excluding carboxylic acids is 3. The second-order valence-electron chi connectivity index (χ2n) is 7.70. The second-order valence-corrected chi connectivity index (χ2v) is 8.61. The molecule has 172 valence electrons. The zero-order valence-electron chi connectivity index (χ0n) is 18.3. The SMILES string of the molecule is Cc1ccc(NC(=O)c2cc3cc(Br)ccc3n2NC(=O)C(=O)Nc2ccccc2F)cc1C. The van der Waals surface area contributed by atoms with Crippen molar-refractivity contribution in [2.75, 3.05) is 16.1 Å². The summed E-state index contributed by atoms with van der Waals surface area (Å²) in [7, 11) is 0. The standard InChI is InChI=1S/C25H20BrFN4O3/c1-14-7-9-18(11-15(14)2)28-23(32)22-13-16-12-17(26)8-10-21(16)31(22)30-25(34)24(33)29-20-6-4-3-5-19(20)27/h3-13H,1-2H3,(H,28,32)(H,29,33)(H,30,34). The Kier molecular flexibility index (Phi) is 6.47. The maximum atomic E-state index is 13.9. The van der Waals surface area contributed by atoms with E-state index in [4.69, 9.17) is 0 Å². The number of nitrogens with zero attached hydrogens (tertiary/aromatic N) is 1. The first kappa shape index (κ1) is 23.2. The fourth-order valence-electron chi connectivity index (χ4n) is 3.38. The summed E-state index contributed by atoms with van der Waals surface area (Å²) in [5.74, 6) is -3.30. The molecule has 4 rings (SSSR count). The molecule has 0 aliphatic carbocycles. The normalized spacial score (nSPS) is 10.7. The molecule has 0 saturated carbocycles. The highest BCUT2D eigenvalue weighted by Gasteiger charge is 2.22. The minimum absolute atomic E-state index is 0.110. The van der Waals surface area contributed by atoms with Crippen LogP contribution >= 0.6 is 15.9 Å². The smallest absolute Gasteiger partial charge is 0.321 e. The van der Waals surface area contributed by atoms with Gasteiger partial charge < -0.3 is 10.6 Å². The number of anilines is 2. The van der Waals surface area contributed by atoms with Gasteiger partial charge in [-0.25, -0.2) is 9.07 Å². The first-order chi connectivity index (χ1) is 16.2. The number of para-hydroxylation sites is 1. The van der Waals surface area contributed by atoms with Gasteiger partial charge in [0.25, 0.3) is 5.91 Å². The molecule has 1 aromatic heterocycles. The van der Waals surface area contributed by atoms with Crippen molar-refractivity contribution in [2.24, 2.45) is 0 Å². The molecule has 0 aliphatic heterocycles. The summed E-state index contributed by atoms with van der Waals surface area (Å²) in [5.41, 5.74) is 5.62. The molecule has 0 bridgehead atoms. The molecule has 34 heavy (non-hydrogen) atoms. The summed E-state index contributed by atoms with van der Waals surface area (Å²) in [6.45, 7) is 3.91. The molecular formula is C25H20BrFN4O3. The lowest BCUT2D eigenvalue weighted by atomic mass is 10.1. The van der Waals surface area contributed by atoms with Crippen molar-refractivity contribution in [1.29, 1.82) is 0 Å². The van der Waals surface area contributed by atoms with Crippen LogP contribution in [0.15, 0.2) is 71.2 Å². The number of benzene rings is 3. The van der Waals surface area contributed by atoms with Crippen molar-refractivity contribution in [3.8, 4) is 0 Å². The summed E-state index contributed by atoms with van der Waals surface area (Å²) in [6, 6.07) is 17.9. The molecule has 4 aromatic rings. The van der Waals surface area contributed by atoms with Crippen molar-refractivity contribution < 1.29 is 18.8 Å². The average molecular weight is 523 g/mol. The highest BCUT2D eigenvalue weighted by Crippen LogP contribution is 2.24. The zero-order chi connectivity index (χ0) is 24.4.